The molecule has 0 saturated heterocycles. The van der Waals surface area contributed by atoms with Crippen molar-refractivity contribution in [2.45, 2.75) is 57.0 Å². The minimum absolute atomic E-state index is 0.138. The molecule has 29 heavy (non-hydrogen) atoms. The molecule has 2 atom stereocenters. The first kappa shape index (κ1) is 23.0. The van der Waals surface area contributed by atoms with Crippen molar-refractivity contribution in [2.24, 2.45) is 0 Å². The number of aliphatic hydroxyl groups is 1. The molecule has 0 aliphatic carbocycles. The van der Waals surface area contributed by atoms with E-state index in [1.165, 1.54) is 18.2 Å². The van der Waals surface area contributed by atoms with Crippen molar-refractivity contribution in [2.75, 3.05) is 6.26 Å². The van der Waals surface area contributed by atoms with Crippen LogP contribution in [0.25, 0.3) is 0 Å². The molecule has 0 amide bonds. The van der Waals surface area contributed by atoms with Gasteiger partial charge in [-0.2, -0.15) is 0 Å². The highest BCUT2D eigenvalue weighted by Crippen LogP contribution is 2.34. The molecule has 0 radical (unpaired) electrons. The van der Waals surface area contributed by atoms with Gasteiger partial charge in [-0.1, -0.05) is 37.6 Å². The van der Waals surface area contributed by atoms with E-state index in [9.17, 15) is 23.7 Å². The van der Waals surface area contributed by atoms with Gasteiger partial charge >= 0.3 is 0 Å². The lowest BCUT2D eigenvalue weighted by atomic mass is 9.91. The molecule has 2 unspecified atom stereocenters. The Balaban J connectivity index is 2.24. The Morgan fingerprint density at radius 1 is 1.03 bits per heavy atom. The van der Waals surface area contributed by atoms with Gasteiger partial charge in [-0.25, -0.2) is 8.42 Å². The highest BCUT2D eigenvalue weighted by Gasteiger charge is 2.26. The highest BCUT2D eigenvalue weighted by atomic mass is 32.2. The molecule has 0 aliphatic rings. The van der Waals surface area contributed by atoms with Gasteiger partial charge in [0.1, 0.15) is 5.75 Å². The number of rotatable bonds is 9. The summed E-state index contributed by atoms with van der Waals surface area (Å²) in [5, 5.41) is 28.9. The maximum atomic E-state index is 12.4. The molecule has 0 heterocycles. The van der Waals surface area contributed by atoms with Gasteiger partial charge in [-0.05, 0) is 50.3 Å². The smallest absolute Gasteiger partial charge is 0.223 e. The average Bonchev–Trinajstić information content (AvgIpc) is 2.60. The van der Waals surface area contributed by atoms with Crippen molar-refractivity contribution in [1.29, 1.82) is 0 Å². The SMILES string of the molecule is CC(CCCC(C)(C)O)c1cccc(C(Oc2ccc(O)c(O)c2)S(C)(=O)=O)c1. The Morgan fingerprint density at radius 2 is 1.69 bits per heavy atom. The molecule has 3 N–H and O–H groups in total. The van der Waals surface area contributed by atoms with Crippen LogP contribution in [-0.2, 0) is 9.84 Å². The summed E-state index contributed by atoms with van der Waals surface area (Å²) in [4.78, 5) is 0. The van der Waals surface area contributed by atoms with E-state index in [0.717, 1.165) is 24.7 Å². The van der Waals surface area contributed by atoms with Crippen LogP contribution in [0.15, 0.2) is 42.5 Å². The van der Waals surface area contributed by atoms with E-state index >= 15 is 0 Å². The maximum Gasteiger partial charge on any atom is 0.223 e. The van der Waals surface area contributed by atoms with Gasteiger partial charge in [0.2, 0.25) is 5.44 Å². The van der Waals surface area contributed by atoms with Gasteiger partial charge in [-0.15, -0.1) is 0 Å². The summed E-state index contributed by atoms with van der Waals surface area (Å²) in [7, 11) is -3.62. The molecular formula is C22H30O6S. The van der Waals surface area contributed by atoms with Crippen molar-refractivity contribution in [1.82, 2.24) is 0 Å². The van der Waals surface area contributed by atoms with Crippen LogP contribution in [0.3, 0.4) is 0 Å². The third kappa shape index (κ3) is 6.94. The number of ether oxygens (including phenoxy) is 1. The number of hydrogen-bond donors (Lipinski definition) is 3. The van der Waals surface area contributed by atoms with E-state index in [-0.39, 0.29) is 23.2 Å². The first-order valence-corrected chi connectivity index (χ1v) is 11.5. The summed E-state index contributed by atoms with van der Waals surface area (Å²) in [5.41, 5.74) is -0.460. The van der Waals surface area contributed by atoms with Gasteiger partial charge in [-0.3, -0.25) is 0 Å². The second-order valence-corrected chi connectivity index (χ2v) is 10.3. The fourth-order valence-electron chi connectivity index (χ4n) is 3.12. The average molecular weight is 423 g/mol. The molecule has 0 aliphatic heterocycles. The van der Waals surface area contributed by atoms with E-state index < -0.39 is 20.9 Å². The number of sulfone groups is 1. The fraction of sp³-hybridized carbons (Fsp3) is 0.455. The highest BCUT2D eigenvalue weighted by molar-refractivity contribution is 7.90. The minimum atomic E-state index is -3.62. The lowest BCUT2D eigenvalue weighted by Crippen LogP contribution is -2.19. The molecule has 0 spiro atoms. The summed E-state index contributed by atoms with van der Waals surface area (Å²) in [5.74, 6) is -0.367. The molecular weight excluding hydrogens is 392 g/mol. The Labute approximate surface area is 172 Å². The van der Waals surface area contributed by atoms with E-state index in [1.807, 2.05) is 12.1 Å². The van der Waals surface area contributed by atoms with Gasteiger partial charge in [0.15, 0.2) is 21.3 Å². The zero-order chi connectivity index (χ0) is 21.8. The molecule has 2 aromatic rings. The number of phenolic OH excluding ortho intramolecular Hbond substituents is 2. The molecule has 0 fully saturated rings. The maximum absolute atomic E-state index is 12.4. The van der Waals surface area contributed by atoms with Crippen LogP contribution < -0.4 is 4.74 Å². The molecule has 7 heteroatoms. The van der Waals surface area contributed by atoms with Gasteiger partial charge in [0.25, 0.3) is 0 Å². The number of phenols is 2. The monoisotopic (exact) mass is 422 g/mol. The third-order valence-corrected chi connectivity index (χ3v) is 5.90. The van der Waals surface area contributed by atoms with E-state index in [2.05, 4.69) is 6.92 Å². The first-order valence-electron chi connectivity index (χ1n) is 9.56. The van der Waals surface area contributed by atoms with Crippen LogP contribution in [0.5, 0.6) is 17.2 Å². The molecule has 0 bridgehead atoms. The van der Waals surface area contributed by atoms with Crippen molar-refractivity contribution >= 4 is 9.84 Å². The number of benzene rings is 2. The van der Waals surface area contributed by atoms with Crippen LogP contribution in [0.4, 0.5) is 0 Å². The van der Waals surface area contributed by atoms with E-state index in [4.69, 9.17) is 4.74 Å². The third-order valence-electron chi connectivity index (χ3n) is 4.76. The second-order valence-electron chi connectivity index (χ2n) is 8.21. The predicted molar refractivity (Wildman–Crippen MR) is 113 cm³/mol. The Kier molecular flexibility index (Phi) is 7.19. The van der Waals surface area contributed by atoms with Crippen molar-refractivity contribution in [3.05, 3.63) is 53.6 Å². The van der Waals surface area contributed by atoms with Crippen molar-refractivity contribution in [3.8, 4) is 17.2 Å². The summed E-state index contributed by atoms with van der Waals surface area (Å²) in [6.45, 7) is 5.64. The summed E-state index contributed by atoms with van der Waals surface area (Å²) < 4.78 is 30.4. The normalized spacial score (nSPS) is 14.4. The largest absolute Gasteiger partial charge is 0.504 e. The van der Waals surface area contributed by atoms with Crippen LogP contribution in [0, 0.1) is 0 Å². The first-order chi connectivity index (χ1) is 13.4. The Bertz CT molecular complexity index is 931. The van der Waals surface area contributed by atoms with Crippen LogP contribution >= 0.6 is 0 Å². The minimum Gasteiger partial charge on any atom is -0.504 e. The lowest BCUT2D eigenvalue weighted by Gasteiger charge is -2.21. The van der Waals surface area contributed by atoms with Crippen LogP contribution in [-0.4, -0.2) is 35.6 Å². The molecule has 6 nitrogen and oxygen atoms in total. The standard InChI is InChI=1S/C22H30O6S/c1-15(7-6-12-22(2,3)25)16-8-5-9-17(13-16)21(29(4,26)27)28-18-10-11-19(23)20(24)14-18/h5,8-11,13-15,21,23-25H,6-7,12H2,1-4H3. The molecule has 2 aromatic carbocycles. The quantitative estimate of drug-likeness (QED) is 0.522. The van der Waals surface area contributed by atoms with Crippen LogP contribution in [0.2, 0.25) is 0 Å². The number of hydrogen-bond acceptors (Lipinski definition) is 6. The number of aromatic hydroxyl groups is 2. The van der Waals surface area contributed by atoms with E-state index in [1.54, 1.807) is 26.0 Å². The van der Waals surface area contributed by atoms with Crippen LogP contribution in [0.1, 0.15) is 62.5 Å². The van der Waals surface area contributed by atoms with Crippen molar-refractivity contribution < 1.29 is 28.5 Å². The molecule has 0 aromatic heterocycles. The summed E-state index contributed by atoms with van der Waals surface area (Å²) in [6, 6.07) is 11.1. The zero-order valence-corrected chi connectivity index (χ0v) is 18.1. The van der Waals surface area contributed by atoms with Gasteiger partial charge in [0.05, 0.1) is 5.60 Å². The summed E-state index contributed by atoms with van der Waals surface area (Å²) >= 11 is 0. The second kappa shape index (κ2) is 9.05. The Hall–Kier alpha value is -2.25. The predicted octanol–water partition coefficient (Wildman–Crippen LogP) is 4.26. The molecule has 0 saturated carbocycles. The Morgan fingerprint density at radius 3 is 2.28 bits per heavy atom. The summed E-state index contributed by atoms with van der Waals surface area (Å²) in [6.07, 6.45) is 3.51. The van der Waals surface area contributed by atoms with Gasteiger partial charge in [0, 0.05) is 17.9 Å². The zero-order valence-electron chi connectivity index (χ0n) is 17.3. The topological polar surface area (TPSA) is 104 Å². The van der Waals surface area contributed by atoms with Crippen molar-refractivity contribution in [3.63, 3.8) is 0 Å². The molecule has 2 rings (SSSR count). The van der Waals surface area contributed by atoms with Gasteiger partial charge < -0.3 is 20.1 Å². The lowest BCUT2D eigenvalue weighted by molar-refractivity contribution is 0.0678. The molecule has 160 valence electrons. The fourth-order valence-corrected chi connectivity index (χ4v) is 4.05. The van der Waals surface area contributed by atoms with E-state index in [0.29, 0.717) is 12.0 Å².